The van der Waals surface area contributed by atoms with Gasteiger partial charge in [-0.25, -0.2) is 0 Å². The van der Waals surface area contributed by atoms with E-state index in [9.17, 15) is 13.2 Å². The molecule has 1 heterocycles. The van der Waals surface area contributed by atoms with Gasteiger partial charge in [-0.3, -0.25) is 9.35 Å². The summed E-state index contributed by atoms with van der Waals surface area (Å²) in [6, 6.07) is 0. The normalized spacial score (nSPS) is 20.8. The summed E-state index contributed by atoms with van der Waals surface area (Å²) in [7, 11) is -4.50. The third-order valence-corrected chi connectivity index (χ3v) is 3.13. The van der Waals surface area contributed by atoms with Crippen LogP contribution < -0.4 is 5.73 Å². The zero-order valence-corrected chi connectivity index (χ0v) is 9.09. The van der Waals surface area contributed by atoms with Gasteiger partial charge < -0.3 is 15.7 Å². The Labute approximate surface area is 92.6 Å². The number of nitrogens with zero attached hydrogens (tertiary/aromatic N) is 1. The minimum atomic E-state index is -4.50. The number of allylic oxidation sites excluding steroid dienone is 2. The van der Waals surface area contributed by atoms with E-state index in [1.54, 1.807) is 0 Å². The number of aliphatic hydroxyl groups is 1. The maximum Gasteiger partial charge on any atom is 0.290 e. The van der Waals surface area contributed by atoms with Crippen LogP contribution in [0.3, 0.4) is 0 Å². The van der Waals surface area contributed by atoms with E-state index in [4.69, 9.17) is 15.4 Å². The average molecular weight is 248 g/mol. The van der Waals surface area contributed by atoms with Gasteiger partial charge in [0.2, 0.25) is 5.91 Å². The van der Waals surface area contributed by atoms with Crippen molar-refractivity contribution in [1.29, 1.82) is 0 Å². The molecule has 0 spiro atoms. The number of β-amino-alcohol motifs (C(OH)–C–C–N with tert-alkyl or cyclic N) is 1. The van der Waals surface area contributed by atoms with Crippen molar-refractivity contribution in [3.8, 4) is 0 Å². The van der Waals surface area contributed by atoms with Gasteiger partial charge >= 0.3 is 0 Å². The van der Waals surface area contributed by atoms with Crippen LogP contribution in [0.15, 0.2) is 23.9 Å². The molecule has 0 aromatic rings. The molecule has 0 saturated carbocycles. The third-order valence-electron chi connectivity index (χ3n) is 2.05. The Bertz CT molecular complexity index is 439. The summed E-state index contributed by atoms with van der Waals surface area (Å²) < 4.78 is 31.3. The van der Waals surface area contributed by atoms with Gasteiger partial charge in [-0.2, -0.15) is 8.42 Å². The standard InChI is InChI=1S/C8H12N2O5S/c9-7(12)6-2-1-3-10(4-5-11)8(6)16(13,14)15/h1-3,8,11H,4-5H2,(H2,9,12)(H,13,14,15). The van der Waals surface area contributed by atoms with E-state index in [1.807, 2.05) is 0 Å². The number of carbonyl (C=O) groups excluding carboxylic acids is 1. The van der Waals surface area contributed by atoms with Crippen LogP contribution in [0.25, 0.3) is 0 Å². The topological polar surface area (TPSA) is 121 Å². The molecule has 0 saturated heterocycles. The molecule has 1 aliphatic rings. The van der Waals surface area contributed by atoms with E-state index in [-0.39, 0.29) is 18.7 Å². The number of amides is 1. The first-order valence-corrected chi connectivity index (χ1v) is 5.89. The number of aliphatic hydroxyl groups excluding tert-OH is 1. The van der Waals surface area contributed by atoms with Gasteiger partial charge in [-0.1, -0.05) is 0 Å². The van der Waals surface area contributed by atoms with Crippen molar-refractivity contribution in [2.45, 2.75) is 5.37 Å². The largest absolute Gasteiger partial charge is 0.395 e. The molecule has 7 nitrogen and oxygen atoms in total. The number of hydrogen-bond acceptors (Lipinski definition) is 5. The molecule has 0 aromatic heterocycles. The molecule has 90 valence electrons. The quantitative estimate of drug-likeness (QED) is 0.517. The van der Waals surface area contributed by atoms with Gasteiger partial charge in [0.1, 0.15) is 0 Å². The van der Waals surface area contributed by atoms with Crippen molar-refractivity contribution in [2.24, 2.45) is 5.73 Å². The Kier molecular flexibility index (Phi) is 3.68. The predicted octanol–water partition coefficient (Wildman–Crippen LogP) is -1.57. The molecule has 0 radical (unpaired) electrons. The SMILES string of the molecule is NC(=O)C1=CC=CN(CCO)C1S(=O)(=O)O. The smallest absolute Gasteiger partial charge is 0.290 e. The first-order valence-electron chi connectivity index (χ1n) is 4.39. The lowest BCUT2D eigenvalue weighted by Gasteiger charge is -2.30. The van der Waals surface area contributed by atoms with Crippen LogP contribution in [0.1, 0.15) is 0 Å². The maximum atomic E-state index is 11.1. The number of nitrogens with two attached hydrogens (primary N) is 1. The zero-order chi connectivity index (χ0) is 12.3. The summed E-state index contributed by atoms with van der Waals surface area (Å²) in [5, 5.41) is 7.19. The molecule has 1 rings (SSSR count). The molecule has 4 N–H and O–H groups in total. The maximum absolute atomic E-state index is 11.1. The van der Waals surface area contributed by atoms with Gasteiger partial charge in [0.15, 0.2) is 5.37 Å². The average Bonchev–Trinajstić information content (AvgIpc) is 2.16. The summed E-state index contributed by atoms with van der Waals surface area (Å²) in [6.07, 6.45) is 3.98. The first kappa shape index (κ1) is 12.7. The Morgan fingerprint density at radius 2 is 2.19 bits per heavy atom. The van der Waals surface area contributed by atoms with Crippen LogP contribution >= 0.6 is 0 Å². The van der Waals surface area contributed by atoms with Crippen LogP contribution in [0.2, 0.25) is 0 Å². The highest BCUT2D eigenvalue weighted by atomic mass is 32.2. The lowest BCUT2D eigenvalue weighted by Crippen LogP contribution is -2.45. The second-order valence-electron chi connectivity index (χ2n) is 3.16. The Hall–Kier alpha value is -1.38. The molecule has 1 amide bonds. The molecule has 0 aromatic carbocycles. The summed E-state index contributed by atoms with van der Waals surface area (Å²) in [6.45, 7) is -0.353. The monoisotopic (exact) mass is 248 g/mol. The minimum Gasteiger partial charge on any atom is -0.395 e. The summed E-state index contributed by atoms with van der Waals surface area (Å²) in [5.41, 5.74) is 4.77. The van der Waals surface area contributed by atoms with Crippen molar-refractivity contribution in [3.05, 3.63) is 23.9 Å². The van der Waals surface area contributed by atoms with E-state index in [0.29, 0.717) is 0 Å². The van der Waals surface area contributed by atoms with Crippen molar-refractivity contribution < 1.29 is 22.9 Å². The number of rotatable bonds is 4. The highest BCUT2D eigenvalue weighted by Gasteiger charge is 2.35. The second kappa shape index (κ2) is 4.64. The number of primary amides is 1. The Morgan fingerprint density at radius 3 is 2.62 bits per heavy atom. The Morgan fingerprint density at radius 1 is 1.56 bits per heavy atom. The fourth-order valence-corrected chi connectivity index (χ4v) is 2.47. The van der Waals surface area contributed by atoms with Crippen LogP contribution in [0, 0.1) is 0 Å². The second-order valence-corrected chi connectivity index (χ2v) is 4.63. The van der Waals surface area contributed by atoms with Gasteiger partial charge in [-0.05, 0) is 12.2 Å². The van der Waals surface area contributed by atoms with Gasteiger partial charge in [0, 0.05) is 12.7 Å². The van der Waals surface area contributed by atoms with Crippen LogP contribution in [-0.4, -0.2) is 47.4 Å². The third kappa shape index (κ3) is 2.60. The van der Waals surface area contributed by atoms with E-state index in [2.05, 4.69) is 0 Å². The fourth-order valence-electron chi connectivity index (χ4n) is 1.44. The molecule has 1 atom stereocenters. The van der Waals surface area contributed by atoms with E-state index in [1.165, 1.54) is 18.4 Å². The van der Waals surface area contributed by atoms with Crippen LogP contribution in [-0.2, 0) is 14.9 Å². The van der Waals surface area contributed by atoms with Crippen molar-refractivity contribution in [1.82, 2.24) is 4.90 Å². The van der Waals surface area contributed by atoms with E-state index < -0.39 is 21.4 Å². The molecule has 1 aliphatic heterocycles. The molecule has 16 heavy (non-hydrogen) atoms. The minimum absolute atomic E-state index is 0.0361. The fraction of sp³-hybridized carbons (Fsp3) is 0.375. The van der Waals surface area contributed by atoms with Crippen LogP contribution in [0.5, 0.6) is 0 Å². The zero-order valence-electron chi connectivity index (χ0n) is 8.28. The number of hydrogen-bond donors (Lipinski definition) is 3. The van der Waals surface area contributed by atoms with Crippen molar-refractivity contribution >= 4 is 16.0 Å². The summed E-state index contributed by atoms with van der Waals surface area (Å²) in [5.74, 6) is -0.935. The molecule has 8 heteroatoms. The highest BCUT2D eigenvalue weighted by Crippen LogP contribution is 2.20. The molecule has 0 fully saturated rings. The molecular weight excluding hydrogens is 236 g/mol. The summed E-state index contributed by atoms with van der Waals surface area (Å²) >= 11 is 0. The van der Waals surface area contributed by atoms with E-state index >= 15 is 0 Å². The highest BCUT2D eigenvalue weighted by molar-refractivity contribution is 7.86. The predicted molar refractivity (Wildman–Crippen MR) is 55.5 cm³/mol. The van der Waals surface area contributed by atoms with E-state index in [0.717, 1.165) is 4.90 Å². The molecule has 1 unspecified atom stereocenters. The van der Waals surface area contributed by atoms with Gasteiger partial charge in [-0.15, -0.1) is 0 Å². The lowest BCUT2D eigenvalue weighted by molar-refractivity contribution is -0.115. The first-order chi connectivity index (χ1) is 7.38. The van der Waals surface area contributed by atoms with Crippen molar-refractivity contribution in [2.75, 3.05) is 13.2 Å². The van der Waals surface area contributed by atoms with Gasteiger partial charge in [0.25, 0.3) is 10.1 Å². The number of carbonyl (C=O) groups is 1. The molecule has 0 aliphatic carbocycles. The van der Waals surface area contributed by atoms with Crippen LogP contribution in [0.4, 0.5) is 0 Å². The van der Waals surface area contributed by atoms with Crippen molar-refractivity contribution in [3.63, 3.8) is 0 Å². The summed E-state index contributed by atoms with van der Waals surface area (Å²) in [4.78, 5) is 12.1. The molecular formula is C8H12N2O5S. The van der Waals surface area contributed by atoms with Gasteiger partial charge in [0.05, 0.1) is 12.2 Å². The Balaban J connectivity index is 3.15. The molecule has 0 bridgehead atoms. The lowest BCUT2D eigenvalue weighted by atomic mass is 10.1.